The highest BCUT2D eigenvalue weighted by atomic mass is 35.5. The van der Waals surface area contributed by atoms with Gasteiger partial charge in [0.1, 0.15) is 0 Å². The molecular formula is C22H21ClN4O2S. The number of aromatic nitrogens is 1. The Kier molecular flexibility index (Phi) is 5.76. The fourth-order valence-electron chi connectivity index (χ4n) is 3.71. The number of piperazine rings is 1. The Balaban J connectivity index is 1.47. The molecule has 0 unspecified atom stereocenters. The van der Waals surface area contributed by atoms with Gasteiger partial charge in [-0.15, -0.1) is 0 Å². The van der Waals surface area contributed by atoms with E-state index in [2.05, 4.69) is 4.90 Å². The topological polar surface area (TPSA) is 77.3 Å². The van der Waals surface area contributed by atoms with Crippen molar-refractivity contribution in [2.45, 2.75) is 18.4 Å². The van der Waals surface area contributed by atoms with Crippen LogP contribution in [0.15, 0.2) is 53.4 Å². The van der Waals surface area contributed by atoms with Gasteiger partial charge in [0.15, 0.2) is 0 Å². The number of hydrogen-bond acceptors (Lipinski definition) is 5. The Hall–Kier alpha value is -2.50. The molecule has 0 N–H and O–H groups in total. The van der Waals surface area contributed by atoms with E-state index in [1.807, 2.05) is 37.3 Å². The van der Waals surface area contributed by atoms with E-state index in [1.165, 1.54) is 28.6 Å². The van der Waals surface area contributed by atoms with Crippen molar-refractivity contribution in [2.24, 2.45) is 0 Å². The highest BCUT2D eigenvalue weighted by Crippen LogP contribution is 2.28. The van der Waals surface area contributed by atoms with Crippen molar-refractivity contribution in [1.82, 2.24) is 14.2 Å². The lowest BCUT2D eigenvalue weighted by Crippen LogP contribution is -2.48. The van der Waals surface area contributed by atoms with Crippen molar-refractivity contribution < 1.29 is 8.42 Å². The summed E-state index contributed by atoms with van der Waals surface area (Å²) in [5.74, 6) is 0. The van der Waals surface area contributed by atoms with Gasteiger partial charge in [0, 0.05) is 38.1 Å². The predicted octanol–water partition coefficient (Wildman–Crippen LogP) is 3.57. The maximum atomic E-state index is 12.9. The molecule has 0 aliphatic carbocycles. The minimum absolute atomic E-state index is 0.213. The smallest absolute Gasteiger partial charge is 0.243 e. The average molecular weight is 441 g/mol. The van der Waals surface area contributed by atoms with E-state index in [1.54, 1.807) is 0 Å². The number of para-hydroxylation sites is 1. The Morgan fingerprint density at radius 1 is 1.07 bits per heavy atom. The number of nitrogens with zero attached hydrogens (tertiary/aromatic N) is 4. The van der Waals surface area contributed by atoms with Crippen LogP contribution in [0.2, 0.25) is 5.02 Å². The minimum Gasteiger partial charge on any atom is -0.295 e. The number of aryl methyl sites for hydroxylation is 1. The first-order chi connectivity index (χ1) is 14.4. The van der Waals surface area contributed by atoms with Crippen LogP contribution in [0.3, 0.4) is 0 Å². The lowest BCUT2D eigenvalue weighted by Gasteiger charge is -2.34. The first kappa shape index (κ1) is 20.8. The molecule has 0 bridgehead atoms. The average Bonchev–Trinajstić information content (AvgIpc) is 2.78. The van der Waals surface area contributed by atoms with Crippen LogP contribution in [0.1, 0.15) is 16.8 Å². The van der Waals surface area contributed by atoms with E-state index in [0.29, 0.717) is 43.3 Å². The van der Waals surface area contributed by atoms with Gasteiger partial charge in [-0.25, -0.2) is 13.4 Å². The van der Waals surface area contributed by atoms with Gasteiger partial charge >= 0.3 is 0 Å². The molecule has 2 aromatic carbocycles. The van der Waals surface area contributed by atoms with Gasteiger partial charge in [-0.3, -0.25) is 4.90 Å². The molecule has 1 fully saturated rings. The van der Waals surface area contributed by atoms with Crippen LogP contribution in [0.4, 0.5) is 0 Å². The standard InChI is InChI=1S/C22H21ClN4O2S/c1-16-19-4-2-3-5-20(19)25-21(22(16)23)15-26-10-12-27(13-11-26)30(28,29)18-8-6-17(14-24)7-9-18/h2-9H,10-13,15H2,1H3. The monoisotopic (exact) mass is 440 g/mol. The zero-order valence-corrected chi connectivity index (χ0v) is 18.1. The van der Waals surface area contributed by atoms with E-state index in [0.717, 1.165) is 22.2 Å². The minimum atomic E-state index is -3.57. The second-order valence-electron chi connectivity index (χ2n) is 7.33. The molecule has 0 spiro atoms. The Morgan fingerprint density at radius 2 is 1.73 bits per heavy atom. The van der Waals surface area contributed by atoms with Gasteiger partial charge in [-0.1, -0.05) is 29.8 Å². The summed E-state index contributed by atoms with van der Waals surface area (Å²) < 4.78 is 27.3. The van der Waals surface area contributed by atoms with Crippen LogP contribution >= 0.6 is 11.6 Å². The zero-order chi connectivity index (χ0) is 21.3. The third kappa shape index (κ3) is 3.92. The molecule has 6 nitrogen and oxygen atoms in total. The summed E-state index contributed by atoms with van der Waals surface area (Å²) in [6.07, 6.45) is 0. The molecule has 0 amide bonds. The predicted molar refractivity (Wildman–Crippen MR) is 117 cm³/mol. The summed E-state index contributed by atoms with van der Waals surface area (Å²) in [6, 6.07) is 16.0. The Morgan fingerprint density at radius 3 is 2.40 bits per heavy atom. The molecule has 0 radical (unpaired) electrons. The van der Waals surface area contributed by atoms with Gasteiger partial charge in [-0.05, 0) is 42.8 Å². The number of sulfonamides is 1. The molecule has 8 heteroatoms. The summed E-state index contributed by atoms with van der Waals surface area (Å²) in [5, 5.41) is 10.6. The molecule has 2 heterocycles. The van der Waals surface area contributed by atoms with Gasteiger partial charge in [-0.2, -0.15) is 9.57 Å². The van der Waals surface area contributed by atoms with E-state index in [4.69, 9.17) is 21.8 Å². The van der Waals surface area contributed by atoms with Crippen LogP contribution < -0.4 is 0 Å². The molecule has 1 aliphatic rings. The van der Waals surface area contributed by atoms with Crippen LogP contribution in [-0.4, -0.2) is 48.8 Å². The molecule has 1 aliphatic heterocycles. The lowest BCUT2D eigenvalue weighted by molar-refractivity contribution is 0.180. The highest BCUT2D eigenvalue weighted by Gasteiger charge is 2.29. The number of halogens is 1. The summed E-state index contributed by atoms with van der Waals surface area (Å²) in [4.78, 5) is 7.12. The number of benzene rings is 2. The Bertz CT molecular complexity index is 1230. The van der Waals surface area contributed by atoms with Gasteiger partial charge in [0.25, 0.3) is 0 Å². The van der Waals surface area contributed by atoms with Gasteiger partial charge in [0.2, 0.25) is 10.0 Å². The van der Waals surface area contributed by atoms with Crippen molar-refractivity contribution in [2.75, 3.05) is 26.2 Å². The molecule has 30 heavy (non-hydrogen) atoms. The third-order valence-corrected chi connectivity index (χ3v) is 7.89. The second-order valence-corrected chi connectivity index (χ2v) is 9.65. The van der Waals surface area contributed by atoms with Crippen LogP contribution in [0.25, 0.3) is 10.9 Å². The second kappa shape index (κ2) is 8.32. The molecule has 3 aromatic rings. The summed E-state index contributed by atoms with van der Waals surface area (Å²) in [5.41, 5.74) is 3.18. The molecule has 1 aromatic heterocycles. The van der Waals surface area contributed by atoms with Crippen molar-refractivity contribution >= 4 is 32.5 Å². The summed E-state index contributed by atoms with van der Waals surface area (Å²) in [6.45, 7) is 4.56. The summed E-state index contributed by atoms with van der Waals surface area (Å²) in [7, 11) is -3.57. The molecule has 154 valence electrons. The maximum absolute atomic E-state index is 12.9. The molecule has 1 saturated heterocycles. The number of hydrogen-bond donors (Lipinski definition) is 0. The fourth-order valence-corrected chi connectivity index (χ4v) is 5.34. The zero-order valence-electron chi connectivity index (χ0n) is 16.5. The van der Waals surface area contributed by atoms with Crippen LogP contribution in [0, 0.1) is 18.3 Å². The first-order valence-electron chi connectivity index (χ1n) is 9.66. The quantitative estimate of drug-likeness (QED) is 0.619. The molecule has 4 rings (SSSR count). The number of rotatable bonds is 4. The first-order valence-corrected chi connectivity index (χ1v) is 11.5. The van der Waals surface area contributed by atoms with Crippen LogP contribution in [0.5, 0.6) is 0 Å². The van der Waals surface area contributed by atoms with Crippen molar-refractivity contribution in [3.05, 3.63) is 70.4 Å². The van der Waals surface area contributed by atoms with Crippen molar-refractivity contribution in [3.63, 3.8) is 0 Å². The van der Waals surface area contributed by atoms with E-state index < -0.39 is 10.0 Å². The summed E-state index contributed by atoms with van der Waals surface area (Å²) >= 11 is 6.58. The van der Waals surface area contributed by atoms with Gasteiger partial charge in [0.05, 0.1) is 32.8 Å². The lowest BCUT2D eigenvalue weighted by atomic mass is 10.1. The van der Waals surface area contributed by atoms with Gasteiger partial charge < -0.3 is 0 Å². The Labute approximate surface area is 181 Å². The maximum Gasteiger partial charge on any atom is 0.243 e. The van der Waals surface area contributed by atoms with Crippen molar-refractivity contribution in [3.8, 4) is 6.07 Å². The largest absolute Gasteiger partial charge is 0.295 e. The molecular weight excluding hydrogens is 420 g/mol. The molecule has 0 atom stereocenters. The van der Waals surface area contributed by atoms with E-state index >= 15 is 0 Å². The number of fused-ring (bicyclic) bond motifs is 1. The number of nitriles is 1. The van der Waals surface area contributed by atoms with Crippen molar-refractivity contribution in [1.29, 1.82) is 5.26 Å². The SMILES string of the molecule is Cc1c(Cl)c(CN2CCN(S(=O)(=O)c3ccc(C#N)cc3)CC2)nc2ccccc12. The van der Waals surface area contributed by atoms with E-state index in [9.17, 15) is 8.42 Å². The van der Waals surface area contributed by atoms with E-state index in [-0.39, 0.29) is 4.90 Å². The molecule has 0 saturated carbocycles. The third-order valence-electron chi connectivity index (χ3n) is 5.47. The normalized spacial score (nSPS) is 15.9. The highest BCUT2D eigenvalue weighted by molar-refractivity contribution is 7.89. The fraction of sp³-hybridized carbons (Fsp3) is 0.273. The number of pyridine rings is 1. The van der Waals surface area contributed by atoms with Crippen LogP contribution in [-0.2, 0) is 16.6 Å².